The average Bonchev–Trinajstić information content (AvgIpc) is 2.76. The van der Waals surface area contributed by atoms with E-state index >= 15 is 0 Å². The van der Waals surface area contributed by atoms with Crippen LogP contribution < -0.4 is 5.32 Å². The van der Waals surface area contributed by atoms with Crippen LogP contribution in [0.25, 0.3) is 0 Å². The van der Waals surface area contributed by atoms with Gasteiger partial charge in [-0.2, -0.15) is 0 Å². The van der Waals surface area contributed by atoms with Crippen molar-refractivity contribution < 1.29 is 14.0 Å². The van der Waals surface area contributed by atoms with E-state index in [9.17, 15) is 9.59 Å². The number of amides is 2. The zero-order chi connectivity index (χ0) is 20.6. The molecule has 1 aliphatic rings. The van der Waals surface area contributed by atoms with Crippen molar-refractivity contribution in [2.75, 3.05) is 13.1 Å². The minimum Gasteiger partial charge on any atom is -0.411 e. The summed E-state index contributed by atoms with van der Waals surface area (Å²) >= 11 is 0. The van der Waals surface area contributed by atoms with E-state index in [0.29, 0.717) is 17.7 Å². The van der Waals surface area contributed by atoms with Gasteiger partial charge < -0.3 is 9.74 Å². The van der Waals surface area contributed by atoms with E-state index in [4.69, 9.17) is 4.43 Å². The van der Waals surface area contributed by atoms with Gasteiger partial charge in [0.15, 0.2) is 8.32 Å². The molecule has 0 aromatic heterocycles. The molecular weight excluding hydrogens is 356 g/mol. The third kappa shape index (κ3) is 5.06. The molecule has 2 rings (SSSR count). The number of hydrogen-bond donors (Lipinski definition) is 1. The van der Waals surface area contributed by atoms with Gasteiger partial charge in [0.1, 0.15) is 0 Å². The number of hydrogen-bond acceptors (Lipinski definition) is 4. The molecule has 0 radical (unpaired) electrons. The molecule has 1 unspecified atom stereocenters. The standard InChI is InChI=1S/C21H34N2O3Si/c1-20(2,3)22-13-15(26-27(7,8)21(4,5)6)14-23-18(24)16-11-9-10-12-17(16)19(23)25/h9-12,15,22H,13-14H2,1-8H3. The van der Waals surface area contributed by atoms with Gasteiger partial charge in [-0.05, 0) is 51.0 Å². The zero-order valence-electron chi connectivity index (χ0n) is 18.0. The van der Waals surface area contributed by atoms with Crippen molar-refractivity contribution in [3.63, 3.8) is 0 Å². The van der Waals surface area contributed by atoms with Gasteiger partial charge in [-0.15, -0.1) is 0 Å². The fourth-order valence-corrected chi connectivity index (χ4v) is 4.11. The minimum atomic E-state index is -2.05. The molecule has 0 saturated heterocycles. The van der Waals surface area contributed by atoms with Gasteiger partial charge in [0.05, 0.1) is 23.8 Å². The molecule has 1 N–H and O–H groups in total. The number of carbonyl (C=O) groups is 2. The molecule has 2 amide bonds. The highest BCUT2D eigenvalue weighted by Gasteiger charge is 2.42. The average molecular weight is 391 g/mol. The molecule has 1 aromatic carbocycles. The lowest BCUT2D eigenvalue weighted by atomic mass is 10.1. The van der Waals surface area contributed by atoms with Crippen LogP contribution in [-0.4, -0.2) is 49.8 Å². The Morgan fingerprint density at radius 2 is 1.48 bits per heavy atom. The van der Waals surface area contributed by atoms with Gasteiger partial charge in [-0.25, -0.2) is 0 Å². The summed E-state index contributed by atoms with van der Waals surface area (Å²) in [6, 6.07) is 7.01. The molecule has 0 aliphatic carbocycles. The van der Waals surface area contributed by atoms with Crippen molar-refractivity contribution in [2.45, 2.75) is 71.3 Å². The molecule has 0 saturated carbocycles. The molecule has 27 heavy (non-hydrogen) atoms. The SMILES string of the molecule is CC(C)(C)NCC(CN1C(=O)c2ccccc2C1=O)O[Si](C)(C)C(C)(C)C. The van der Waals surface area contributed by atoms with Crippen LogP contribution in [0.2, 0.25) is 18.1 Å². The first-order valence-electron chi connectivity index (χ1n) is 9.61. The van der Waals surface area contributed by atoms with Gasteiger partial charge in [0, 0.05) is 12.1 Å². The van der Waals surface area contributed by atoms with E-state index in [1.807, 2.05) is 0 Å². The maximum Gasteiger partial charge on any atom is 0.261 e. The monoisotopic (exact) mass is 390 g/mol. The molecule has 5 nitrogen and oxygen atoms in total. The first-order chi connectivity index (χ1) is 12.2. The zero-order valence-corrected chi connectivity index (χ0v) is 19.0. The lowest BCUT2D eigenvalue weighted by Crippen LogP contribution is -2.52. The second-order valence-corrected chi connectivity index (χ2v) is 14.7. The predicted molar refractivity (Wildman–Crippen MR) is 112 cm³/mol. The second kappa shape index (κ2) is 7.49. The Kier molecular flexibility index (Phi) is 6.04. The number of imide groups is 1. The summed E-state index contributed by atoms with van der Waals surface area (Å²) in [4.78, 5) is 26.8. The molecule has 6 heteroatoms. The molecule has 1 heterocycles. The fourth-order valence-electron chi connectivity index (χ4n) is 2.77. The molecule has 150 valence electrons. The first-order valence-corrected chi connectivity index (χ1v) is 12.5. The molecule has 0 fully saturated rings. The van der Waals surface area contributed by atoms with Crippen molar-refractivity contribution in [1.82, 2.24) is 10.2 Å². The summed E-state index contributed by atoms with van der Waals surface area (Å²) in [5.41, 5.74) is 0.895. The van der Waals surface area contributed by atoms with Crippen molar-refractivity contribution in [2.24, 2.45) is 0 Å². The molecular formula is C21H34N2O3Si. The molecule has 0 spiro atoms. The number of fused-ring (bicyclic) bond motifs is 1. The summed E-state index contributed by atoms with van der Waals surface area (Å²) in [6.07, 6.45) is -0.243. The fraction of sp³-hybridized carbons (Fsp3) is 0.619. The minimum absolute atomic E-state index is 0.0506. The van der Waals surface area contributed by atoms with Crippen molar-refractivity contribution >= 4 is 20.1 Å². The quantitative estimate of drug-likeness (QED) is 0.588. The summed E-state index contributed by atoms with van der Waals surface area (Å²) in [6.45, 7) is 18.1. The van der Waals surface area contributed by atoms with Crippen molar-refractivity contribution in [3.8, 4) is 0 Å². The molecule has 1 aromatic rings. The normalized spacial score (nSPS) is 16.7. The van der Waals surface area contributed by atoms with E-state index in [2.05, 4.69) is 60.0 Å². The number of rotatable bonds is 6. The largest absolute Gasteiger partial charge is 0.411 e. The summed E-state index contributed by atoms with van der Waals surface area (Å²) < 4.78 is 6.59. The Labute approximate surface area is 164 Å². The Morgan fingerprint density at radius 1 is 1.00 bits per heavy atom. The Morgan fingerprint density at radius 3 is 1.89 bits per heavy atom. The number of benzene rings is 1. The molecule has 1 aliphatic heterocycles. The van der Waals surface area contributed by atoms with Crippen LogP contribution in [0.4, 0.5) is 0 Å². The Bertz CT molecular complexity index is 682. The molecule has 1 atom stereocenters. The number of nitrogens with zero attached hydrogens (tertiary/aromatic N) is 1. The predicted octanol–water partition coefficient (Wildman–Crippen LogP) is 4.06. The second-order valence-electron chi connectivity index (χ2n) is 9.90. The summed E-state index contributed by atoms with van der Waals surface area (Å²) in [5, 5.41) is 3.52. The summed E-state index contributed by atoms with van der Waals surface area (Å²) in [5.74, 6) is -0.453. The first kappa shape index (κ1) is 21.8. The van der Waals surface area contributed by atoms with Crippen LogP contribution >= 0.6 is 0 Å². The van der Waals surface area contributed by atoms with Gasteiger partial charge in [-0.1, -0.05) is 32.9 Å². The van der Waals surface area contributed by atoms with Crippen molar-refractivity contribution in [3.05, 3.63) is 35.4 Å². The van der Waals surface area contributed by atoms with Crippen LogP contribution in [-0.2, 0) is 4.43 Å². The van der Waals surface area contributed by atoms with E-state index in [1.54, 1.807) is 24.3 Å². The maximum absolute atomic E-state index is 12.7. The Hall–Kier alpha value is -1.50. The highest BCUT2D eigenvalue weighted by Crippen LogP contribution is 2.37. The van der Waals surface area contributed by atoms with Crippen LogP contribution in [0.5, 0.6) is 0 Å². The number of carbonyl (C=O) groups excluding carboxylic acids is 2. The third-order valence-electron chi connectivity index (χ3n) is 5.39. The van der Waals surface area contributed by atoms with E-state index in [0.717, 1.165) is 0 Å². The smallest absolute Gasteiger partial charge is 0.261 e. The van der Waals surface area contributed by atoms with Crippen LogP contribution in [0.3, 0.4) is 0 Å². The highest BCUT2D eigenvalue weighted by atomic mass is 28.4. The van der Waals surface area contributed by atoms with E-state index in [-0.39, 0.29) is 35.0 Å². The lowest BCUT2D eigenvalue weighted by molar-refractivity contribution is 0.0551. The number of nitrogens with one attached hydrogen (secondary N) is 1. The van der Waals surface area contributed by atoms with Gasteiger partial charge in [-0.3, -0.25) is 14.5 Å². The van der Waals surface area contributed by atoms with Gasteiger partial charge >= 0.3 is 0 Å². The maximum atomic E-state index is 12.7. The third-order valence-corrected chi connectivity index (χ3v) is 9.93. The highest BCUT2D eigenvalue weighted by molar-refractivity contribution is 6.74. The summed E-state index contributed by atoms with van der Waals surface area (Å²) in [7, 11) is -2.05. The van der Waals surface area contributed by atoms with Crippen LogP contribution in [0.15, 0.2) is 24.3 Å². The molecule has 0 bridgehead atoms. The van der Waals surface area contributed by atoms with E-state index < -0.39 is 8.32 Å². The van der Waals surface area contributed by atoms with E-state index in [1.165, 1.54) is 4.90 Å². The Balaban J connectivity index is 2.22. The topological polar surface area (TPSA) is 58.6 Å². The van der Waals surface area contributed by atoms with Crippen molar-refractivity contribution in [1.29, 1.82) is 0 Å². The van der Waals surface area contributed by atoms with Crippen LogP contribution in [0.1, 0.15) is 62.3 Å². The van der Waals surface area contributed by atoms with Gasteiger partial charge in [0.2, 0.25) is 0 Å². The van der Waals surface area contributed by atoms with Crippen LogP contribution in [0, 0.1) is 0 Å². The van der Waals surface area contributed by atoms with Gasteiger partial charge in [0.25, 0.3) is 11.8 Å². The lowest BCUT2D eigenvalue weighted by Gasteiger charge is -2.40.